The predicted octanol–water partition coefficient (Wildman–Crippen LogP) is 3.94. The van der Waals surface area contributed by atoms with E-state index in [1.165, 1.54) is 29.6 Å². The van der Waals surface area contributed by atoms with E-state index in [-0.39, 0.29) is 54.7 Å². The number of benzene rings is 1. The number of anilines is 1. The molecule has 2 saturated heterocycles. The average Bonchev–Trinajstić information content (AvgIpc) is 3.41. The molecule has 10 nitrogen and oxygen atoms in total. The van der Waals surface area contributed by atoms with Crippen molar-refractivity contribution in [1.82, 2.24) is 14.5 Å². The van der Waals surface area contributed by atoms with Gasteiger partial charge in [0.2, 0.25) is 10.0 Å². The van der Waals surface area contributed by atoms with Crippen molar-refractivity contribution in [3.63, 3.8) is 0 Å². The number of hydrogen-bond donors (Lipinski definition) is 2. The molecule has 3 rings (SSSR count). The molecule has 0 aliphatic carbocycles. The number of piperidine rings is 1. The molecular formula is C22H28F6N4O6S. The maximum atomic E-state index is 12.8. The van der Waals surface area contributed by atoms with Crippen molar-refractivity contribution in [3.8, 4) is 5.75 Å². The summed E-state index contributed by atoms with van der Waals surface area (Å²) >= 11 is 0. The number of rotatable bonds is 7. The van der Waals surface area contributed by atoms with E-state index in [9.17, 15) is 44.3 Å². The number of hydrogen-bond acceptors (Lipinski definition) is 6. The molecule has 0 radical (unpaired) electrons. The number of nitrogens with one attached hydrogen (secondary N) is 2. The molecule has 220 valence electrons. The minimum Gasteiger partial charge on any atom is -0.495 e. The van der Waals surface area contributed by atoms with Gasteiger partial charge in [0.05, 0.1) is 17.7 Å². The Morgan fingerprint density at radius 2 is 1.62 bits per heavy atom. The predicted molar refractivity (Wildman–Crippen MR) is 125 cm³/mol. The van der Waals surface area contributed by atoms with Crippen LogP contribution in [0.4, 0.5) is 41.6 Å². The fourth-order valence-electron chi connectivity index (χ4n) is 4.24. The third-order valence-corrected chi connectivity index (χ3v) is 8.25. The maximum Gasteiger partial charge on any atom is 0.434 e. The molecule has 17 heteroatoms. The van der Waals surface area contributed by atoms with Gasteiger partial charge in [-0.25, -0.2) is 18.0 Å². The Hall–Kier alpha value is -2.95. The fraction of sp³-hybridized carbons (Fsp3) is 0.636. The topological polar surface area (TPSA) is 117 Å². The number of sulfonamides is 1. The zero-order chi connectivity index (χ0) is 29.0. The summed E-state index contributed by atoms with van der Waals surface area (Å²) in [6.45, 7) is 0.550. The first-order valence-electron chi connectivity index (χ1n) is 11.9. The van der Waals surface area contributed by atoms with Crippen LogP contribution in [0.15, 0.2) is 23.1 Å². The molecule has 2 fully saturated rings. The molecular weight excluding hydrogens is 562 g/mol. The van der Waals surface area contributed by atoms with Gasteiger partial charge in [-0.3, -0.25) is 0 Å². The Balaban J connectivity index is 1.52. The first-order chi connectivity index (χ1) is 18.1. The summed E-state index contributed by atoms with van der Waals surface area (Å²) in [5.41, 5.74) is 0.108. The highest BCUT2D eigenvalue weighted by Crippen LogP contribution is 2.36. The number of amides is 3. The van der Waals surface area contributed by atoms with E-state index in [0.717, 1.165) is 17.7 Å². The number of ether oxygens (including phenoxy) is 2. The standard InChI is InChI=1S/C22H28F6N4O6S/c1-37-17-5-4-15(39(35,36)32-8-2-3-9-32)12-16(17)30-19(33)29-13-14-6-10-31(11-7-14)20(34)38-18(21(23,24)25)22(26,27)28/h4-5,12,14,18H,2-3,6-11,13H2,1H3,(H2,29,30,33). The van der Waals surface area contributed by atoms with Crippen LogP contribution < -0.4 is 15.4 Å². The summed E-state index contributed by atoms with van der Waals surface area (Å²) in [5.74, 6) is -0.0158. The zero-order valence-corrected chi connectivity index (χ0v) is 21.6. The summed E-state index contributed by atoms with van der Waals surface area (Å²) < 4.78 is 112. The Labute approximate surface area is 220 Å². The van der Waals surface area contributed by atoms with E-state index >= 15 is 0 Å². The van der Waals surface area contributed by atoms with Gasteiger partial charge in [0.15, 0.2) is 0 Å². The Morgan fingerprint density at radius 3 is 2.15 bits per heavy atom. The SMILES string of the molecule is COc1ccc(S(=O)(=O)N2CCCC2)cc1NC(=O)NCC1CCN(C(=O)OC(C(F)(F)F)C(F)(F)F)CC1. The van der Waals surface area contributed by atoms with Crippen LogP contribution in [0.2, 0.25) is 0 Å². The van der Waals surface area contributed by atoms with Crippen molar-refractivity contribution >= 4 is 27.8 Å². The smallest absolute Gasteiger partial charge is 0.434 e. The van der Waals surface area contributed by atoms with Crippen molar-refractivity contribution in [1.29, 1.82) is 0 Å². The molecule has 39 heavy (non-hydrogen) atoms. The van der Waals surface area contributed by atoms with E-state index in [1.54, 1.807) is 0 Å². The highest BCUT2D eigenvalue weighted by molar-refractivity contribution is 7.89. The molecule has 2 heterocycles. The fourth-order valence-corrected chi connectivity index (χ4v) is 5.78. The third-order valence-electron chi connectivity index (χ3n) is 6.36. The van der Waals surface area contributed by atoms with Crippen LogP contribution in [0.5, 0.6) is 5.75 Å². The Kier molecular flexibility index (Phi) is 9.46. The molecule has 3 amide bonds. The summed E-state index contributed by atoms with van der Waals surface area (Å²) in [4.78, 5) is 25.1. The van der Waals surface area contributed by atoms with E-state index in [1.807, 2.05) is 0 Å². The van der Waals surface area contributed by atoms with Gasteiger partial charge in [0.1, 0.15) is 5.75 Å². The van der Waals surface area contributed by atoms with Gasteiger partial charge in [-0.05, 0) is 49.8 Å². The number of methoxy groups -OCH3 is 1. The van der Waals surface area contributed by atoms with Crippen molar-refractivity contribution in [2.75, 3.05) is 45.2 Å². The van der Waals surface area contributed by atoms with Crippen LogP contribution in [0, 0.1) is 5.92 Å². The molecule has 0 atom stereocenters. The van der Waals surface area contributed by atoms with Crippen LogP contribution >= 0.6 is 0 Å². The molecule has 1 aromatic carbocycles. The van der Waals surface area contributed by atoms with Crippen LogP contribution in [0.3, 0.4) is 0 Å². The highest BCUT2D eigenvalue weighted by atomic mass is 32.2. The second-order valence-corrected chi connectivity index (χ2v) is 11.0. The molecule has 0 spiro atoms. The molecule has 1 aromatic rings. The van der Waals surface area contributed by atoms with E-state index in [0.29, 0.717) is 13.1 Å². The van der Waals surface area contributed by atoms with Crippen molar-refractivity contribution < 1.29 is 53.8 Å². The van der Waals surface area contributed by atoms with Gasteiger partial charge in [-0.2, -0.15) is 30.6 Å². The van der Waals surface area contributed by atoms with Gasteiger partial charge >= 0.3 is 24.5 Å². The molecule has 2 aliphatic heterocycles. The largest absolute Gasteiger partial charge is 0.495 e. The number of carbonyl (C=O) groups excluding carboxylic acids is 2. The molecule has 0 aromatic heterocycles. The van der Waals surface area contributed by atoms with Gasteiger partial charge in [0.25, 0.3) is 6.10 Å². The van der Waals surface area contributed by atoms with Gasteiger partial charge in [-0.15, -0.1) is 0 Å². The number of urea groups is 1. The number of carbonyl (C=O) groups is 2. The average molecular weight is 591 g/mol. The van der Waals surface area contributed by atoms with Crippen molar-refractivity contribution in [3.05, 3.63) is 18.2 Å². The maximum absolute atomic E-state index is 12.8. The summed E-state index contributed by atoms with van der Waals surface area (Å²) in [6, 6.07) is 3.38. The number of halogens is 6. The van der Waals surface area contributed by atoms with E-state index in [2.05, 4.69) is 15.4 Å². The van der Waals surface area contributed by atoms with Crippen LogP contribution in [0.25, 0.3) is 0 Å². The van der Waals surface area contributed by atoms with Crippen molar-refractivity contribution in [2.24, 2.45) is 5.92 Å². The van der Waals surface area contributed by atoms with Gasteiger partial charge < -0.3 is 25.0 Å². The monoisotopic (exact) mass is 590 g/mol. The lowest BCUT2D eigenvalue weighted by Gasteiger charge is -2.33. The Morgan fingerprint density at radius 1 is 1.03 bits per heavy atom. The van der Waals surface area contributed by atoms with Crippen LogP contribution in [-0.4, -0.2) is 88.0 Å². The zero-order valence-electron chi connectivity index (χ0n) is 20.8. The van der Waals surface area contributed by atoms with E-state index in [4.69, 9.17) is 4.74 Å². The first-order valence-corrected chi connectivity index (χ1v) is 13.4. The number of likely N-dealkylation sites (tertiary alicyclic amines) is 1. The first kappa shape index (κ1) is 30.6. The minimum absolute atomic E-state index is 0.0157. The number of nitrogens with zero attached hydrogens (tertiary/aromatic N) is 2. The quantitative estimate of drug-likeness (QED) is 0.465. The third kappa shape index (κ3) is 7.80. The van der Waals surface area contributed by atoms with Gasteiger partial charge in [-0.1, -0.05) is 0 Å². The lowest BCUT2D eigenvalue weighted by Crippen LogP contribution is -2.49. The molecule has 2 aliphatic rings. The molecule has 0 bridgehead atoms. The van der Waals surface area contributed by atoms with Crippen molar-refractivity contribution in [2.45, 2.75) is 49.0 Å². The van der Waals surface area contributed by atoms with E-state index < -0.39 is 40.6 Å². The van der Waals surface area contributed by atoms with Gasteiger partial charge in [0, 0.05) is 32.7 Å². The summed E-state index contributed by atoms with van der Waals surface area (Å²) in [6.07, 6.45) is -15.7. The van der Waals surface area contributed by atoms with Crippen LogP contribution in [-0.2, 0) is 14.8 Å². The summed E-state index contributed by atoms with van der Waals surface area (Å²) in [5, 5.41) is 5.11. The highest BCUT2D eigenvalue weighted by Gasteiger charge is 2.60. The Bertz CT molecular complexity index is 1120. The second kappa shape index (κ2) is 12.1. The second-order valence-electron chi connectivity index (χ2n) is 9.09. The molecule has 0 saturated carbocycles. The lowest BCUT2D eigenvalue weighted by molar-refractivity contribution is -0.308. The molecule has 2 N–H and O–H groups in total. The summed E-state index contributed by atoms with van der Waals surface area (Å²) in [7, 11) is -2.40. The molecule has 0 unspecified atom stereocenters. The normalized spacial score (nSPS) is 17.8. The minimum atomic E-state index is -5.80. The lowest BCUT2D eigenvalue weighted by atomic mass is 9.97. The number of alkyl halides is 6. The van der Waals surface area contributed by atoms with Crippen LogP contribution in [0.1, 0.15) is 25.7 Å².